The topological polar surface area (TPSA) is 81.7 Å². The van der Waals surface area contributed by atoms with Crippen molar-refractivity contribution in [1.29, 1.82) is 0 Å². The Kier molecular flexibility index (Phi) is 6.11. The molecule has 0 spiro atoms. The fourth-order valence-corrected chi connectivity index (χ4v) is 3.16. The molecule has 0 saturated carbocycles. The highest BCUT2D eigenvalue weighted by molar-refractivity contribution is 7.89. The molecule has 0 bridgehead atoms. The molecule has 6 nitrogen and oxygen atoms in total. The Morgan fingerprint density at radius 3 is 2.48 bits per heavy atom. The third-order valence-corrected chi connectivity index (χ3v) is 4.73. The first-order valence-electron chi connectivity index (χ1n) is 7.46. The van der Waals surface area contributed by atoms with E-state index in [1.807, 2.05) is 0 Å². The van der Waals surface area contributed by atoms with Gasteiger partial charge in [-0.1, -0.05) is 12.1 Å². The number of Topliss-reactive ketones (excluding diaryl/α,β-unsaturated/α-hetero) is 1. The summed E-state index contributed by atoms with van der Waals surface area (Å²) >= 11 is 0. The zero-order valence-corrected chi connectivity index (χ0v) is 14.6. The zero-order valence-electron chi connectivity index (χ0n) is 13.8. The van der Waals surface area contributed by atoms with E-state index in [2.05, 4.69) is 4.72 Å². The maximum absolute atomic E-state index is 13.6. The lowest BCUT2D eigenvalue weighted by molar-refractivity contribution is 0.0996. The van der Waals surface area contributed by atoms with Crippen molar-refractivity contribution in [3.8, 4) is 11.5 Å². The van der Waals surface area contributed by atoms with Gasteiger partial charge in [0.05, 0.1) is 20.3 Å². The van der Waals surface area contributed by atoms with Crippen LogP contribution >= 0.6 is 0 Å². The largest absolute Gasteiger partial charge is 0.497 e. The van der Waals surface area contributed by atoms with Crippen LogP contribution in [-0.2, 0) is 10.0 Å². The average Bonchev–Trinajstić information content (AvgIpc) is 2.60. The molecule has 25 heavy (non-hydrogen) atoms. The molecule has 1 N–H and O–H groups in total. The SMILES string of the molecule is CCOc1cc(OC)cc(C(=O)CNS(=O)(=O)c2ccccc2F)c1. The first-order valence-corrected chi connectivity index (χ1v) is 8.95. The van der Waals surface area contributed by atoms with Gasteiger partial charge in [-0.05, 0) is 31.2 Å². The molecule has 0 aromatic heterocycles. The molecule has 2 aromatic rings. The Morgan fingerprint density at radius 1 is 1.16 bits per heavy atom. The molecule has 8 heteroatoms. The van der Waals surface area contributed by atoms with Crippen molar-refractivity contribution in [2.24, 2.45) is 0 Å². The molecule has 0 aliphatic rings. The molecule has 0 aliphatic heterocycles. The fraction of sp³-hybridized carbons (Fsp3) is 0.235. The second kappa shape index (κ2) is 8.09. The Hall–Kier alpha value is -2.45. The van der Waals surface area contributed by atoms with Crippen LogP contribution in [0.3, 0.4) is 0 Å². The molecular formula is C17H18FNO5S. The lowest BCUT2D eigenvalue weighted by atomic mass is 10.1. The first kappa shape index (κ1) is 18.9. The number of rotatable bonds is 8. The van der Waals surface area contributed by atoms with E-state index in [4.69, 9.17) is 9.47 Å². The second-order valence-electron chi connectivity index (χ2n) is 5.01. The summed E-state index contributed by atoms with van der Waals surface area (Å²) in [6.45, 7) is 1.68. The minimum atomic E-state index is -4.14. The summed E-state index contributed by atoms with van der Waals surface area (Å²) in [6, 6.07) is 9.52. The monoisotopic (exact) mass is 367 g/mol. The Balaban J connectivity index is 2.17. The molecule has 0 unspecified atom stereocenters. The number of hydrogen-bond acceptors (Lipinski definition) is 5. The number of carbonyl (C=O) groups is 1. The molecule has 0 heterocycles. The quantitative estimate of drug-likeness (QED) is 0.725. The van der Waals surface area contributed by atoms with Crippen molar-refractivity contribution < 1.29 is 27.1 Å². The van der Waals surface area contributed by atoms with Crippen LogP contribution in [0.25, 0.3) is 0 Å². The van der Waals surface area contributed by atoms with E-state index >= 15 is 0 Å². The van der Waals surface area contributed by atoms with Gasteiger partial charge < -0.3 is 9.47 Å². The summed E-state index contributed by atoms with van der Waals surface area (Å²) in [6.07, 6.45) is 0. The van der Waals surface area contributed by atoms with E-state index in [1.54, 1.807) is 13.0 Å². The van der Waals surface area contributed by atoms with Gasteiger partial charge >= 0.3 is 0 Å². The van der Waals surface area contributed by atoms with Crippen LogP contribution in [0.2, 0.25) is 0 Å². The third-order valence-electron chi connectivity index (χ3n) is 3.30. The predicted octanol–water partition coefficient (Wildman–Crippen LogP) is 2.39. The number of halogens is 1. The highest BCUT2D eigenvalue weighted by Gasteiger charge is 2.20. The average molecular weight is 367 g/mol. The maximum Gasteiger partial charge on any atom is 0.243 e. The summed E-state index contributed by atoms with van der Waals surface area (Å²) in [4.78, 5) is 11.8. The van der Waals surface area contributed by atoms with Gasteiger partial charge in [-0.2, -0.15) is 0 Å². The van der Waals surface area contributed by atoms with Gasteiger partial charge in [-0.25, -0.2) is 17.5 Å². The summed E-state index contributed by atoms with van der Waals surface area (Å²) in [5, 5.41) is 0. The van der Waals surface area contributed by atoms with Crippen LogP contribution in [0.5, 0.6) is 11.5 Å². The van der Waals surface area contributed by atoms with Gasteiger partial charge in [0.15, 0.2) is 5.78 Å². The minimum absolute atomic E-state index is 0.221. The van der Waals surface area contributed by atoms with E-state index in [0.29, 0.717) is 18.1 Å². The highest BCUT2D eigenvalue weighted by atomic mass is 32.2. The van der Waals surface area contributed by atoms with Crippen LogP contribution in [0, 0.1) is 5.82 Å². The van der Waals surface area contributed by atoms with E-state index in [9.17, 15) is 17.6 Å². The second-order valence-corrected chi connectivity index (χ2v) is 6.74. The smallest absolute Gasteiger partial charge is 0.243 e. The summed E-state index contributed by atoms with van der Waals surface area (Å²) in [5.74, 6) is -0.546. The van der Waals surface area contributed by atoms with E-state index < -0.39 is 33.1 Å². The highest BCUT2D eigenvalue weighted by Crippen LogP contribution is 2.23. The molecular weight excluding hydrogens is 349 g/mol. The molecule has 0 fully saturated rings. The number of benzene rings is 2. The summed E-state index contributed by atoms with van der Waals surface area (Å²) in [5.41, 5.74) is 0.221. The standard InChI is InChI=1S/C17H18FNO5S/c1-3-24-14-9-12(8-13(10-14)23-2)16(20)11-19-25(21,22)17-7-5-4-6-15(17)18/h4-10,19H,3,11H2,1-2H3. The molecule has 2 rings (SSSR count). The Bertz CT molecular complexity index is 867. The van der Waals surface area contributed by atoms with Gasteiger partial charge in [-0.3, -0.25) is 4.79 Å². The number of nitrogens with one attached hydrogen (secondary N) is 1. The summed E-state index contributed by atoms with van der Waals surface area (Å²) < 4.78 is 50.4. The Morgan fingerprint density at radius 2 is 1.84 bits per heavy atom. The van der Waals surface area contributed by atoms with E-state index in [1.165, 1.54) is 31.4 Å². The van der Waals surface area contributed by atoms with Crippen molar-refractivity contribution in [2.75, 3.05) is 20.3 Å². The maximum atomic E-state index is 13.6. The molecule has 134 valence electrons. The number of ether oxygens (including phenoxy) is 2. The predicted molar refractivity (Wildman–Crippen MR) is 90.1 cm³/mol. The van der Waals surface area contributed by atoms with E-state index in [0.717, 1.165) is 12.1 Å². The van der Waals surface area contributed by atoms with Crippen LogP contribution in [0.4, 0.5) is 4.39 Å². The number of ketones is 1. The fourth-order valence-electron chi connectivity index (χ4n) is 2.10. The summed E-state index contributed by atoms with van der Waals surface area (Å²) in [7, 11) is -2.69. The normalized spacial score (nSPS) is 11.2. The van der Waals surface area contributed by atoms with Gasteiger partial charge in [0, 0.05) is 11.6 Å². The van der Waals surface area contributed by atoms with Crippen molar-refractivity contribution in [1.82, 2.24) is 4.72 Å². The van der Waals surface area contributed by atoms with Gasteiger partial charge in [0.1, 0.15) is 22.2 Å². The zero-order chi connectivity index (χ0) is 18.4. The first-order chi connectivity index (χ1) is 11.9. The molecule has 2 aromatic carbocycles. The number of sulfonamides is 1. The van der Waals surface area contributed by atoms with Crippen LogP contribution < -0.4 is 14.2 Å². The van der Waals surface area contributed by atoms with Crippen molar-refractivity contribution >= 4 is 15.8 Å². The van der Waals surface area contributed by atoms with E-state index in [-0.39, 0.29) is 5.56 Å². The number of carbonyl (C=O) groups excluding carboxylic acids is 1. The van der Waals surface area contributed by atoms with Crippen LogP contribution in [0.1, 0.15) is 17.3 Å². The van der Waals surface area contributed by atoms with Gasteiger partial charge in [0.25, 0.3) is 0 Å². The number of methoxy groups -OCH3 is 1. The third kappa shape index (κ3) is 4.77. The lowest BCUT2D eigenvalue weighted by Gasteiger charge is -2.10. The molecule has 0 amide bonds. The van der Waals surface area contributed by atoms with Crippen LogP contribution in [0.15, 0.2) is 47.4 Å². The van der Waals surface area contributed by atoms with Gasteiger partial charge in [0.2, 0.25) is 10.0 Å². The molecule has 0 saturated heterocycles. The molecule has 0 radical (unpaired) electrons. The molecule has 0 aliphatic carbocycles. The van der Waals surface area contributed by atoms with Gasteiger partial charge in [-0.15, -0.1) is 0 Å². The van der Waals surface area contributed by atoms with Crippen molar-refractivity contribution in [2.45, 2.75) is 11.8 Å². The number of hydrogen-bond donors (Lipinski definition) is 1. The van der Waals surface area contributed by atoms with Crippen LogP contribution in [-0.4, -0.2) is 34.5 Å². The van der Waals surface area contributed by atoms with Crippen molar-refractivity contribution in [3.63, 3.8) is 0 Å². The minimum Gasteiger partial charge on any atom is -0.497 e. The Labute approximate surface area is 145 Å². The molecule has 0 atom stereocenters. The van der Waals surface area contributed by atoms with Crippen molar-refractivity contribution in [3.05, 3.63) is 53.8 Å². The lowest BCUT2D eigenvalue weighted by Crippen LogP contribution is -2.30.